The fourth-order valence-corrected chi connectivity index (χ4v) is 9.87. The van der Waals surface area contributed by atoms with Crippen molar-refractivity contribution in [2.75, 3.05) is 0 Å². The molecular formula is C21H6Br9N3O3. The van der Waals surface area contributed by atoms with Crippen LogP contribution in [0.2, 0.25) is 0 Å². The van der Waals surface area contributed by atoms with Crippen LogP contribution in [0.5, 0.6) is 35.3 Å². The molecule has 0 saturated carbocycles. The molecule has 3 aromatic carbocycles. The van der Waals surface area contributed by atoms with Gasteiger partial charge >= 0.3 is 18.0 Å². The summed E-state index contributed by atoms with van der Waals surface area (Å²) in [4.78, 5) is 13.0. The van der Waals surface area contributed by atoms with Crippen LogP contribution in [-0.2, 0) is 0 Å². The summed E-state index contributed by atoms with van der Waals surface area (Å²) in [7, 11) is 0. The molecule has 4 rings (SSSR count). The standard InChI is InChI=1S/C21H6Br9N3O3/c22-7-1-10(25)16(11(26)2-7)34-19-31-20(35-17-12(27)3-8(23)4-13(17)28)33-21(32-19)36-18-14(29)5-9(24)6-15(18)30/h1-6H/i1+1,2+1,3+1,4+1,5+1,6+1,7+1,8+1,9+1,10+1,11+1,12+1,13+1,14+1,15+1,16+1,17+1,18+1. The maximum atomic E-state index is 6.01. The first-order valence-electron chi connectivity index (χ1n) is 9.23. The third kappa shape index (κ3) is 7.32. The molecule has 0 aliphatic heterocycles. The molecule has 0 spiro atoms. The molecule has 36 heavy (non-hydrogen) atoms. The first kappa shape index (κ1) is 29.4. The van der Waals surface area contributed by atoms with Crippen molar-refractivity contribution >= 4 is 143 Å². The van der Waals surface area contributed by atoms with Crippen molar-refractivity contribution in [1.29, 1.82) is 0 Å². The summed E-state index contributed by atoms with van der Waals surface area (Å²) in [6, 6.07) is 10.9. The van der Waals surface area contributed by atoms with Gasteiger partial charge < -0.3 is 14.2 Å². The van der Waals surface area contributed by atoms with Crippen molar-refractivity contribution < 1.29 is 14.2 Å². The van der Waals surface area contributed by atoms with E-state index in [4.69, 9.17) is 14.2 Å². The zero-order chi connectivity index (χ0) is 26.1. The van der Waals surface area contributed by atoms with Crippen molar-refractivity contribution in [1.82, 2.24) is 15.0 Å². The first-order valence-corrected chi connectivity index (χ1v) is 16.4. The molecular weight excluding hydrogens is 1080 g/mol. The van der Waals surface area contributed by atoms with Gasteiger partial charge in [-0.1, -0.05) is 47.8 Å². The van der Waals surface area contributed by atoms with E-state index >= 15 is 0 Å². The zero-order valence-electron chi connectivity index (χ0n) is 16.9. The average Bonchev–Trinajstić information content (AvgIpc) is 2.76. The average molecular weight is 1090 g/mol. The largest absolute Gasteiger partial charge is 0.422 e. The van der Waals surface area contributed by atoms with E-state index in [1.807, 2.05) is 36.4 Å². The molecule has 186 valence electrons. The van der Waals surface area contributed by atoms with Crippen molar-refractivity contribution in [3.63, 3.8) is 0 Å². The minimum atomic E-state index is -0.0487. The minimum Gasteiger partial charge on any atom is -0.422 e. The van der Waals surface area contributed by atoms with Crippen LogP contribution in [0.1, 0.15) is 0 Å². The zero-order valence-corrected chi connectivity index (χ0v) is 31.2. The third-order valence-electron chi connectivity index (χ3n) is 4.04. The number of rotatable bonds is 6. The third-order valence-corrected chi connectivity index (χ3v) is 8.95. The Morgan fingerprint density at radius 3 is 0.750 bits per heavy atom. The molecule has 0 aliphatic rings. The highest BCUT2D eigenvalue weighted by molar-refractivity contribution is 9.12. The molecule has 0 amide bonds. The Morgan fingerprint density at radius 2 is 0.556 bits per heavy atom. The van der Waals surface area contributed by atoms with Gasteiger partial charge in [0.2, 0.25) is 0 Å². The van der Waals surface area contributed by atoms with Gasteiger partial charge in [-0.15, -0.1) is 15.0 Å². The van der Waals surface area contributed by atoms with Gasteiger partial charge in [0.25, 0.3) is 0 Å². The number of halogens is 9. The SMILES string of the molecule is Br[13c]1[13cH][13c](Br)[13c](Oc2nc(O[13c]3[13c](Br)[13cH][13c](Br)[13cH][13c]3Br)nc(O[13c]3[13c](Br)[13cH][13c](Br)[13cH][13c]3Br)n2)[13c](Br)[13cH]1. The summed E-state index contributed by atoms with van der Waals surface area (Å²) >= 11 is 31.3. The Labute approximate surface area is 280 Å². The predicted molar refractivity (Wildman–Crippen MR) is 169 cm³/mol. The van der Waals surface area contributed by atoms with E-state index in [1.54, 1.807) is 0 Å². The highest BCUT2D eigenvalue weighted by Gasteiger charge is 2.19. The molecule has 15 heteroatoms. The second-order valence-corrected chi connectivity index (χ2v) is 14.5. The van der Waals surface area contributed by atoms with Crippen LogP contribution < -0.4 is 14.2 Å². The molecule has 0 saturated heterocycles. The van der Waals surface area contributed by atoms with Crippen LogP contribution in [0, 0.1) is 0 Å². The summed E-state index contributed by atoms with van der Waals surface area (Å²) < 4.78 is 24.6. The van der Waals surface area contributed by atoms with Gasteiger partial charge in [0, 0.05) is 13.4 Å². The Kier molecular flexibility index (Phi) is 10.4. The lowest BCUT2D eigenvalue weighted by Crippen LogP contribution is -2.03. The van der Waals surface area contributed by atoms with Gasteiger partial charge in [-0.25, -0.2) is 0 Å². The molecule has 0 radical (unpaired) electrons. The number of benzene rings is 3. The lowest BCUT2D eigenvalue weighted by atomic mass is 10.9. The second-order valence-electron chi connectivity index (χ2n) is 6.58. The van der Waals surface area contributed by atoms with Gasteiger partial charge in [0.1, 0.15) is 0 Å². The van der Waals surface area contributed by atoms with Gasteiger partial charge in [0.05, 0.1) is 26.8 Å². The van der Waals surface area contributed by atoms with Crippen molar-refractivity contribution in [3.05, 3.63) is 76.7 Å². The molecule has 0 atom stereocenters. The maximum Gasteiger partial charge on any atom is 0.331 e. The van der Waals surface area contributed by atoms with E-state index in [-0.39, 0.29) is 18.0 Å². The van der Waals surface area contributed by atoms with Crippen LogP contribution in [0.15, 0.2) is 76.7 Å². The summed E-state index contributed by atoms with van der Waals surface area (Å²) in [6.45, 7) is 0. The molecule has 1 aromatic heterocycles. The van der Waals surface area contributed by atoms with Gasteiger partial charge in [0.15, 0.2) is 17.2 Å². The summed E-state index contributed by atoms with van der Waals surface area (Å²) in [6.07, 6.45) is 0. The van der Waals surface area contributed by atoms with Gasteiger partial charge in [-0.3, -0.25) is 0 Å². The summed E-state index contributed by atoms with van der Waals surface area (Å²) in [5.74, 6) is 1.37. The highest BCUT2D eigenvalue weighted by Crippen LogP contribution is 2.42. The van der Waals surface area contributed by atoms with Gasteiger partial charge in [-0.05, 0) is 132 Å². The topological polar surface area (TPSA) is 66.4 Å². The molecule has 4 aromatic rings. The maximum absolute atomic E-state index is 6.01. The number of ether oxygens (including phenoxy) is 3. The smallest absolute Gasteiger partial charge is 0.331 e. The van der Waals surface area contributed by atoms with E-state index in [0.717, 1.165) is 13.4 Å². The normalized spacial score (nSPS) is 10.9. The fraction of sp³-hybridized carbons (Fsp3) is 0. The lowest BCUT2D eigenvalue weighted by molar-refractivity contribution is 0.358. The van der Waals surface area contributed by atoms with Crippen LogP contribution in [0.4, 0.5) is 0 Å². The molecule has 0 aliphatic carbocycles. The van der Waals surface area contributed by atoms with E-state index < -0.39 is 0 Å². The highest BCUT2D eigenvalue weighted by atomic mass is 79.9. The molecule has 6 nitrogen and oxygen atoms in total. The van der Waals surface area contributed by atoms with Crippen molar-refractivity contribution in [2.45, 2.75) is 0 Å². The first-order chi connectivity index (χ1) is 17.0. The Hall–Kier alpha value is 0.390. The molecule has 0 unspecified atom stereocenters. The summed E-state index contributed by atoms with van der Waals surface area (Å²) in [5, 5.41) is 0. The van der Waals surface area contributed by atoms with Crippen LogP contribution in [0.25, 0.3) is 0 Å². The Bertz CT molecular complexity index is 1230. The lowest BCUT2D eigenvalue weighted by Gasteiger charge is -2.14. The number of nitrogens with zero attached hydrogens (tertiary/aromatic N) is 3. The van der Waals surface area contributed by atoms with Gasteiger partial charge in [-0.2, -0.15) is 0 Å². The monoisotopic (exact) mass is 1080 g/mol. The van der Waals surface area contributed by atoms with Crippen molar-refractivity contribution in [2.24, 2.45) is 0 Å². The van der Waals surface area contributed by atoms with E-state index in [0.29, 0.717) is 44.1 Å². The second kappa shape index (κ2) is 12.7. The Balaban J connectivity index is 1.79. The fourth-order valence-electron chi connectivity index (χ4n) is 2.61. The molecule has 1 heterocycles. The van der Waals surface area contributed by atoms with Crippen LogP contribution in [0.3, 0.4) is 0 Å². The van der Waals surface area contributed by atoms with Crippen molar-refractivity contribution in [3.8, 4) is 35.3 Å². The van der Waals surface area contributed by atoms with Crippen LogP contribution >= 0.6 is 143 Å². The van der Waals surface area contributed by atoms with E-state index in [2.05, 4.69) is 158 Å². The van der Waals surface area contributed by atoms with E-state index in [9.17, 15) is 0 Å². The number of hydrogen-bond acceptors (Lipinski definition) is 6. The molecule has 0 N–H and O–H groups in total. The molecule has 0 bridgehead atoms. The number of hydrogen-bond donors (Lipinski definition) is 0. The van der Waals surface area contributed by atoms with Crippen LogP contribution in [-0.4, -0.2) is 15.0 Å². The molecule has 0 fully saturated rings. The quantitative estimate of drug-likeness (QED) is 0.192. The van der Waals surface area contributed by atoms with E-state index in [1.165, 1.54) is 0 Å². The predicted octanol–water partition coefficient (Wildman–Crippen LogP) is 12.1. The summed E-state index contributed by atoms with van der Waals surface area (Å²) in [5.41, 5.74) is 0. The minimum absolute atomic E-state index is 0.0487. The number of aromatic nitrogens is 3. The Morgan fingerprint density at radius 1 is 0.361 bits per heavy atom.